The van der Waals surface area contributed by atoms with E-state index in [1.165, 1.54) is 0 Å². The highest BCUT2D eigenvalue weighted by Crippen LogP contribution is 2.36. The van der Waals surface area contributed by atoms with Crippen molar-refractivity contribution in [1.29, 1.82) is 0 Å². The second-order valence-electron chi connectivity index (χ2n) is 6.24. The number of aromatic nitrogens is 2. The van der Waals surface area contributed by atoms with Crippen molar-refractivity contribution < 1.29 is 9.53 Å². The van der Waals surface area contributed by atoms with Crippen LogP contribution < -0.4 is 14.5 Å². The number of rotatable bonds is 3. The van der Waals surface area contributed by atoms with Crippen molar-refractivity contribution in [2.75, 3.05) is 21.8 Å². The summed E-state index contributed by atoms with van der Waals surface area (Å²) in [5.41, 5.74) is 2.41. The number of nitrogens with zero attached hydrogens (tertiary/aromatic N) is 4. The lowest BCUT2D eigenvalue weighted by Crippen LogP contribution is -2.45. The van der Waals surface area contributed by atoms with Crippen molar-refractivity contribution in [2.45, 2.75) is 6.54 Å². The molecule has 28 heavy (non-hydrogen) atoms. The maximum atomic E-state index is 13.5. The Morgan fingerprint density at radius 1 is 1.07 bits per heavy atom. The van der Waals surface area contributed by atoms with E-state index >= 15 is 0 Å². The highest BCUT2D eigenvalue weighted by atomic mass is 127. The predicted molar refractivity (Wildman–Crippen MR) is 119 cm³/mol. The molecule has 2 heterocycles. The molecule has 1 aliphatic rings. The minimum atomic E-state index is -1.87. The fourth-order valence-electron chi connectivity index (χ4n) is 3.05. The number of amides is 2. The third-order valence-corrected chi connectivity index (χ3v) is 6.48. The number of hydrogen-bond acceptors (Lipinski definition) is 4. The Morgan fingerprint density at radius 3 is 2.43 bits per heavy atom. The van der Waals surface area contributed by atoms with Gasteiger partial charge in [-0.15, -0.1) is 4.31 Å². The summed E-state index contributed by atoms with van der Waals surface area (Å²) in [5, 5.41) is 0. The fraction of sp³-hybridized carbons (Fsp3) is 0.143. The Balaban J connectivity index is 1.84. The average molecular weight is 486 g/mol. The molecule has 6 nitrogen and oxygen atoms in total. The number of ether oxygens (including phenoxy) is 1. The number of carbonyl (C=O) groups excluding carboxylic acids is 1. The quantitative estimate of drug-likeness (QED) is 0.307. The van der Waals surface area contributed by atoms with E-state index in [9.17, 15) is 4.79 Å². The van der Waals surface area contributed by atoms with Crippen LogP contribution in [-0.4, -0.2) is 28.0 Å². The number of fused-ring (bicyclic) bond motifs is 1. The molecule has 0 unspecified atom stereocenters. The van der Waals surface area contributed by atoms with Crippen LogP contribution in [0.3, 0.4) is 0 Å². The molecule has 142 valence electrons. The molecule has 0 bridgehead atoms. The summed E-state index contributed by atoms with van der Waals surface area (Å²) < 4.78 is 12.0. The second kappa shape index (κ2) is 7.61. The van der Waals surface area contributed by atoms with Gasteiger partial charge < -0.3 is 4.74 Å². The topological polar surface area (TPSA) is 58.6 Å². The zero-order chi connectivity index (χ0) is 19.7. The van der Waals surface area contributed by atoms with Crippen LogP contribution in [-0.2, 0) is 6.54 Å². The summed E-state index contributed by atoms with van der Waals surface area (Å²) in [7, 11) is 1.62. The SMILES string of the molecule is C#I(C)c1ncc2c(n1)N(c1ccccc1)C(=O)N(c1ccc(OC)cc1)C2. The summed E-state index contributed by atoms with van der Waals surface area (Å²) in [4.78, 5) is 27.9. The second-order valence-corrected chi connectivity index (χ2v) is 10.2. The van der Waals surface area contributed by atoms with Gasteiger partial charge in [-0.2, -0.15) is 0 Å². The fourth-order valence-corrected chi connectivity index (χ4v) is 4.24. The molecule has 0 saturated heterocycles. The molecule has 0 spiro atoms. The highest BCUT2D eigenvalue weighted by molar-refractivity contribution is 14.2. The smallest absolute Gasteiger partial charge is 0.335 e. The first-order valence-electron chi connectivity index (χ1n) is 8.59. The maximum absolute atomic E-state index is 13.5. The first-order valence-corrected chi connectivity index (χ1v) is 13.1. The number of para-hydroxylation sites is 1. The number of anilines is 3. The van der Waals surface area contributed by atoms with Crippen LogP contribution in [0.1, 0.15) is 5.56 Å². The summed E-state index contributed by atoms with van der Waals surface area (Å²) in [5.74, 6) is 1.35. The van der Waals surface area contributed by atoms with Gasteiger partial charge in [0.2, 0.25) is 0 Å². The van der Waals surface area contributed by atoms with Crippen LogP contribution in [0.5, 0.6) is 5.75 Å². The summed E-state index contributed by atoms with van der Waals surface area (Å²) >= 11 is -1.87. The van der Waals surface area contributed by atoms with Gasteiger partial charge in [0.25, 0.3) is 0 Å². The van der Waals surface area contributed by atoms with E-state index in [0.717, 1.165) is 22.7 Å². The first kappa shape index (κ1) is 18.5. The molecule has 0 N–H and O–H groups in total. The van der Waals surface area contributed by atoms with E-state index in [4.69, 9.17) is 9.05 Å². The van der Waals surface area contributed by atoms with Crippen LogP contribution in [0.25, 0.3) is 0 Å². The van der Waals surface area contributed by atoms with Crippen molar-refractivity contribution in [3.63, 3.8) is 0 Å². The van der Waals surface area contributed by atoms with Crippen molar-refractivity contribution in [3.05, 3.63) is 70.2 Å². The zero-order valence-electron chi connectivity index (χ0n) is 15.5. The van der Waals surface area contributed by atoms with Crippen LogP contribution in [0.2, 0.25) is 0 Å². The molecular formula is C21H19IN4O2. The van der Waals surface area contributed by atoms with Crippen LogP contribution in [0.15, 0.2) is 60.8 Å². The van der Waals surface area contributed by atoms with Gasteiger partial charge >= 0.3 is 6.03 Å². The maximum Gasteiger partial charge on any atom is 0.335 e. The number of urea groups is 1. The third-order valence-electron chi connectivity index (χ3n) is 4.44. The lowest BCUT2D eigenvalue weighted by Gasteiger charge is -2.36. The van der Waals surface area contributed by atoms with E-state index in [1.54, 1.807) is 23.1 Å². The highest BCUT2D eigenvalue weighted by Gasteiger charge is 2.34. The molecule has 0 fully saturated rings. The summed E-state index contributed by atoms with van der Waals surface area (Å²) in [6, 6.07) is 16.8. The Hall–Kier alpha value is -2.90. The largest absolute Gasteiger partial charge is 0.497 e. The van der Waals surface area contributed by atoms with Gasteiger partial charge in [0.1, 0.15) is 5.75 Å². The van der Waals surface area contributed by atoms with E-state index < -0.39 is 19.1 Å². The molecular weight excluding hydrogens is 467 g/mol. The summed E-state index contributed by atoms with van der Waals surface area (Å²) in [6.45, 7) is 0.395. The van der Waals surface area contributed by atoms with Gasteiger partial charge in [0.15, 0.2) is 9.65 Å². The normalized spacial score (nSPS) is 13.6. The molecule has 0 atom stereocenters. The molecule has 0 radical (unpaired) electrons. The number of methoxy groups -OCH3 is 1. The lowest BCUT2D eigenvalue weighted by atomic mass is 10.1. The van der Waals surface area contributed by atoms with E-state index in [1.807, 2.05) is 59.5 Å². The average Bonchev–Trinajstić information content (AvgIpc) is 2.73. The Bertz CT molecular complexity index is 1090. The van der Waals surface area contributed by atoms with Crippen molar-refractivity contribution in [3.8, 4) is 10.1 Å². The molecule has 4 rings (SSSR count). The van der Waals surface area contributed by atoms with E-state index in [0.29, 0.717) is 16.2 Å². The van der Waals surface area contributed by atoms with E-state index in [-0.39, 0.29) is 6.03 Å². The molecule has 7 heteroatoms. The van der Waals surface area contributed by atoms with Gasteiger partial charge in [-0.3, -0.25) is 4.90 Å². The van der Waals surface area contributed by atoms with Gasteiger partial charge in [0.05, 0.1) is 19.3 Å². The van der Waals surface area contributed by atoms with Crippen molar-refractivity contribution in [2.24, 2.45) is 0 Å². The van der Waals surface area contributed by atoms with Crippen LogP contribution in [0, 0.1) is 8.14 Å². The van der Waals surface area contributed by atoms with E-state index in [2.05, 4.69) is 9.97 Å². The number of alkyl halides is 1. The van der Waals surface area contributed by atoms with Gasteiger partial charge in [-0.25, -0.2) is 19.7 Å². The number of carbonyl (C=O) groups is 1. The van der Waals surface area contributed by atoms with Crippen LogP contribution >= 0.6 is 19.1 Å². The Kier molecular flexibility index (Phi) is 5.02. The summed E-state index contributed by atoms with van der Waals surface area (Å²) in [6.07, 6.45) is 1.79. The number of hydrogen-bond donors (Lipinski definition) is 0. The minimum absolute atomic E-state index is 0.165. The Labute approximate surface area is 170 Å². The molecule has 0 aliphatic carbocycles. The Morgan fingerprint density at radius 2 is 1.79 bits per heavy atom. The standard InChI is InChI=1S/C21H19IN4O2/c1-22(2)20-23-13-15-14-25(16-9-11-18(28-3)12-10-16)21(27)26(19(15)24-20)17-7-5-4-6-8-17/h1,4-13H,14H2,2-3H3. The van der Waals surface area contributed by atoms with Gasteiger partial charge in [0, 0.05) is 17.4 Å². The number of benzene rings is 2. The lowest BCUT2D eigenvalue weighted by molar-refractivity contribution is 0.252. The third kappa shape index (κ3) is 3.34. The predicted octanol–water partition coefficient (Wildman–Crippen LogP) is 4.66. The van der Waals surface area contributed by atoms with Crippen molar-refractivity contribution >= 4 is 42.4 Å². The first-order chi connectivity index (χ1) is 13.6. The number of halogens is 1. The molecule has 2 amide bonds. The zero-order valence-corrected chi connectivity index (χ0v) is 17.7. The molecule has 1 aliphatic heterocycles. The molecule has 3 aromatic rings. The monoisotopic (exact) mass is 486 g/mol. The van der Waals surface area contributed by atoms with Gasteiger partial charge in [-0.05, 0) is 41.3 Å². The van der Waals surface area contributed by atoms with Crippen LogP contribution in [0.4, 0.5) is 22.0 Å². The minimum Gasteiger partial charge on any atom is -0.497 e. The molecule has 1 aromatic heterocycles. The molecule has 0 saturated carbocycles. The van der Waals surface area contributed by atoms with Gasteiger partial charge in [-0.1, -0.05) is 37.3 Å². The molecule has 2 aromatic carbocycles. The van der Waals surface area contributed by atoms with Crippen molar-refractivity contribution in [1.82, 2.24) is 9.97 Å².